The molecule has 0 fully saturated rings. The van der Waals surface area contributed by atoms with Gasteiger partial charge in [-0.1, -0.05) is 19.9 Å². The molecule has 0 saturated heterocycles. The van der Waals surface area contributed by atoms with Gasteiger partial charge >= 0.3 is 0 Å². The molecule has 4 nitrogen and oxygen atoms in total. The van der Waals surface area contributed by atoms with Gasteiger partial charge in [-0.3, -0.25) is 4.79 Å². The van der Waals surface area contributed by atoms with Gasteiger partial charge in [0, 0.05) is 5.69 Å². The summed E-state index contributed by atoms with van der Waals surface area (Å²) in [5, 5.41) is 11.6. The van der Waals surface area contributed by atoms with E-state index in [-0.39, 0.29) is 5.91 Å². The predicted molar refractivity (Wildman–Crippen MR) is 72.0 cm³/mol. The fraction of sp³-hybridized carbons (Fsp3) is 0.429. The van der Waals surface area contributed by atoms with Crippen molar-refractivity contribution in [2.45, 2.75) is 33.2 Å². The molecule has 0 aliphatic heterocycles. The zero-order valence-corrected chi connectivity index (χ0v) is 11.0. The number of aryl methyl sites for hydroxylation is 1. The van der Waals surface area contributed by atoms with E-state index in [4.69, 9.17) is 11.0 Å². The van der Waals surface area contributed by atoms with Crippen LogP contribution in [-0.2, 0) is 4.79 Å². The van der Waals surface area contributed by atoms with E-state index in [1.54, 1.807) is 12.1 Å². The third-order valence-corrected chi connectivity index (χ3v) is 2.69. The Kier molecular flexibility index (Phi) is 4.87. The molecule has 0 heterocycles. The van der Waals surface area contributed by atoms with E-state index in [9.17, 15) is 4.79 Å². The van der Waals surface area contributed by atoms with Gasteiger partial charge in [-0.05, 0) is 37.0 Å². The van der Waals surface area contributed by atoms with Crippen LogP contribution in [0.15, 0.2) is 18.2 Å². The second kappa shape index (κ2) is 6.18. The molecular formula is C14H19N3O. The Balaban J connectivity index is 2.78. The van der Waals surface area contributed by atoms with Crippen LogP contribution in [0.4, 0.5) is 5.69 Å². The number of nitriles is 1. The minimum atomic E-state index is -0.518. The van der Waals surface area contributed by atoms with Crippen molar-refractivity contribution in [3.63, 3.8) is 0 Å². The second-order valence-electron chi connectivity index (χ2n) is 4.87. The molecule has 4 heteroatoms. The van der Waals surface area contributed by atoms with Crippen molar-refractivity contribution < 1.29 is 4.79 Å². The highest BCUT2D eigenvalue weighted by molar-refractivity contribution is 5.95. The summed E-state index contributed by atoms with van der Waals surface area (Å²) in [4.78, 5) is 11.9. The molecule has 3 N–H and O–H groups in total. The lowest BCUT2D eigenvalue weighted by Crippen LogP contribution is -2.36. The fourth-order valence-electron chi connectivity index (χ4n) is 1.67. The monoisotopic (exact) mass is 245 g/mol. The predicted octanol–water partition coefficient (Wildman–Crippen LogP) is 2.18. The summed E-state index contributed by atoms with van der Waals surface area (Å²) < 4.78 is 0. The summed E-state index contributed by atoms with van der Waals surface area (Å²) in [6.45, 7) is 5.92. The van der Waals surface area contributed by atoms with Gasteiger partial charge in [0.2, 0.25) is 5.91 Å². The van der Waals surface area contributed by atoms with Gasteiger partial charge < -0.3 is 11.1 Å². The zero-order valence-electron chi connectivity index (χ0n) is 11.0. The van der Waals surface area contributed by atoms with Crippen molar-refractivity contribution in [1.82, 2.24) is 0 Å². The summed E-state index contributed by atoms with van der Waals surface area (Å²) in [7, 11) is 0. The Hall–Kier alpha value is -1.86. The van der Waals surface area contributed by atoms with Gasteiger partial charge in [0.1, 0.15) is 0 Å². The first kappa shape index (κ1) is 14.2. The van der Waals surface area contributed by atoms with Gasteiger partial charge in [-0.15, -0.1) is 0 Å². The second-order valence-corrected chi connectivity index (χ2v) is 4.87. The Bertz CT molecular complexity index is 474. The molecule has 1 aromatic carbocycles. The first-order valence-corrected chi connectivity index (χ1v) is 6.01. The number of rotatable bonds is 4. The molecule has 1 aromatic rings. The van der Waals surface area contributed by atoms with E-state index in [1.165, 1.54) is 0 Å². The molecule has 18 heavy (non-hydrogen) atoms. The first-order valence-electron chi connectivity index (χ1n) is 6.01. The number of nitrogens with two attached hydrogens (primary N) is 1. The van der Waals surface area contributed by atoms with E-state index in [0.29, 0.717) is 23.6 Å². The molecule has 0 aromatic heterocycles. The van der Waals surface area contributed by atoms with Gasteiger partial charge in [0.05, 0.1) is 17.7 Å². The van der Waals surface area contributed by atoms with Crippen molar-refractivity contribution in [3.8, 4) is 6.07 Å². The molecule has 96 valence electrons. The van der Waals surface area contributed by atoms with E-state index in [1.807, 2.05) is 32.9 Å². The van der Waals surface area contributed by atoms with Gasteiger partial charge in [-0.2, -0.15) is 5.26 Å². The summed E-state index contributed by atoms with van der Waals surface area (Å²) in [5.74, 6) is 0.166. The van der Waals surface area contributed by atoms with Crippen LogP contribution in [0.3, 0.4) is 0 Å². The number of hydrogen-bond donors (Lipinski definition) is 2. The molecule has 0 spiro atoms. The normalized spacial score (nSPS) is 12.0. The largest absolute Gasteiger partial charge is 0.324 e. The van der Waals surface area contributed by atoms with Crippen LogP contribution in [0.2, 0.25) is 0 Å². The maximum Gasteiger partial charge on any atom is 0.241 e. The van der Waals surface area contributed by atoms with Gasteiger partial charge in [-0.25, -0.2) is 0 Å². The van der Waals surface area contributed by atoms with Crippen LogP contribution in [-0.4, -0.2) is 11.9 Å². The van der Waals surface area contributed by atoms with Crippen LogP contribution in [0.5, 0.6) is 0 Å². The first-order chi connectivity index (χ1) is 8.43. The molecule has 0 radical (unpaired) electrons. The molecule has 1 atom stereocenters. The highest BCUT2D eigenvalue weighted by Crippen LogP contribution is 2.17. The third-order valence-electron chi connectivity index (χ3n) is 2.69. The molecule has 0 bridgehead atoms. The van der Waals surface area contributed by atoms with Crippen molar-refractivity contribution in [1.29, 1.82) is 5.26 Å². The SMILES string of the molecule is Cc1ccc(C#N)cc1NC(=O)[C@H](N)CC(C)C. The summed E-state index contributed by atoms with van der Waals surface area (Å²) in [6, 6.07) is 6.72. The zero-order chi connectivity index (χ0) is 13.7. The average molecular weight is 245 g/mol. The lowest BCUT2D eigenvalue weighted by Gasteiger charge is -2.15. The van der Waals surface area contributed by atoms with Crippen molar-refractivity contribution in [2.24, 2.45) is 11.7 Å². The van der Waals surface area contributed by atoms with Crippen molar-refractivity contribution in [2.75, 3.05) is 5.32 Å². The number of hydrogen-bond acceptors (Lipinski definition) is 3. The standard InChI is InChI=1S/C14H19N3O/c1-9(2)6-12(16)14(18)17-13-7-11(8-15)5-4-10(13)3/h4-5,7,9,12H,6,16H2,1-3H3,(H,17,18)/t12-/m1/s1. The van der Waals surface area contributed by atoms with E-state index in [0.717, 1.165) is 5.56 Å². The number of carbonyl (C=O) groups is 1. The van der Waals surface area contributed by atoms with Crippen molar-refractivity contribution >= 4 is 11.6 Å². The van der Waals surface area contributed by atoms with Crippen LogP contribution in [0, 0.1) is 24.2 Å². The Labute approximate surface area is 108 Å². The highest BCUT2D eigenvalue weighted by atomic mass is 16.2. The van der Waals surface area contributed by atoms with E-state index >= 15 is 0 Å². The highest BCUT2D eigenvalue weighted by Gasteiger charge is 2.15. The molecule has 0 unspecified atom stereocenters. The average Bonchev–Trinajstić information content (AvgIpc) is 2.31. The van der Waals surface area contributed by atoms with Crippen LogP contribution in [0.1, 0.15) is 31.4 Å². The Morgan fingerprint density at radius 2 is 2.17 bits per heavy atom. The van der Waals surface area contributed by atoms with Gasteiger partial charge in [0.25, 0.3) is 0 Å². The van der Waals surface area contributed by atoms with Crippen LogP contribution >= 0.6 is 0 Å². The number of amides is 1. The number of carbonyl (C=O) groups excluding carboxylic acids is 1. The van der Waals surface area contributed by atoms with Crippen molar-refractivity contribution in [3.05, 3.63) is 29.3 Å². The molecule has 0 saturated carbocycles. The lowest BCUT2D eigenvalue weighted by molar-refractivity contribution is -0.117. The number of nitrogens with zero attached hydrogens (tertiary/aromatic N) is 1. The summed E-state index contributed by atoms with van der Waals surface area (Å²) in [5.41, 5.74) is 7.90. The van der Waals surface area contributed by atoms with Crippen LogP contribution in [0.25, 0.3) is 0 Å². The number of nitrogens with one attached hydrogen (secondary N) is 1. The maximum atomic E-state index is 11.9. The smallest absolute Gasteiger partial charge is 0.241 e. The van der Waals surface area contributed by atoms with Gasteiger partial charge in [0.15, 0.2) is 0 Å². The Morgan fingerprint density at radius 3 is 2.72 bits per heavy atom. The number of benzene rings is 1. The minimum Gasteiger partial charge on any atom is -0.324 e. The Morgan fingerprint density at radius 1 is 1.50 bits per heavy atom. The molecule has 1 rings (SSSR count). The van der Waals surface area contributed by atoms with E-state index < -0.39 is 6.04 Å². The lowest BCUT2D eigenvalue weighted by atomic mass is 10.0. The molecule has 1 amide bonds. The third kappa shape index (κ3) is 3.86. The minimum absolute atomic E-state index is 0.207. The topological polar surface area (TPSA) is 78.9 Å². The van der Waals surface area contributed by atoms with Crippen LogP contribution < -0.4 is 11.1 Å². The summed E-state index contributed by atoms with van der Waals surface area (Å²) >= 11 is 0. The summed E-state index contributed by atoms with van der Waals surface area (Å²) in [6.07, 6.45) is 0.642. The fourth-order valence-corrected chi connectivity index (χ4v) is 1.67. The number of anilines is 1. The molecular weight excluding hydrogens is 226 g/mol. The van der Waals surface area contributed by atoms with E-state index in [2.05, 4.69) is 5.32 Å². The maximum absolute atomic E-state index is 11.9. The molecule has 0 aliphatic carbocycles. The molecule has 0 aliphatic rings. The quantitative estimate of drug-likeness (QED) is 0.853.